The Balaban J connectivity index is 2.00. The molecule has 1 unspecified atom stereocenters. The Hall–Kier alpha value is -1.62. The number of ketones is 1. The maximum absolute atomic E-state index is 12.7. The SMILES string of the molecule is C=CC(=O)CC1CCN(C(CC)c2ccc(C(F)(F)F)cc2)CC1. The van der Waals surface area contributed by atoms with Crippen LogP contribution < -0.4 is 0 Å². The predicted octanol–water partition coefficient (Wildman–Crippen LogP) is 5.01. The van der Waals surface area contributed by atoms with Crippen LogP contribution in [0.25, 0.3) is 0 Å². The van der Waals surface area contributed by atoms with E-state index in [9.17, 15) is 18.0 Å². The Morgan fingerprint density at radius 3 is 2.33 bits per heavy atom. The zero-order chi connectivity index (χ0) is 17.7. The lowest BCUT2D eigenvalue weighted by Gasteiger charge is -2.37. The molecule has 1 fully saturated rings. The monoisotopic (exact) mass is 339 g/mol. The highest BCUT2D eigenvalue weighted by Gasteiger charge is 2.31. The van der Waals surface area contributed by atoms with Gasteiger partial charge in [0.25, 0.3) is 0 Å². The molecule has 2 rings (SSSR count). The Labute approximate surface area is 141 Å². The van der Waals surface area contributed by atoms with Gasteiger partial charge in [0, 0.05) is 12.5 Å². The molecule has 0 radical (unpaired) electrons. The quantitative estimate of drug-likeness (QED) is 0.679. The van der Waals surface area contributed by atoms with Crippen molar-refractivity contribution in [1.29, 1.82) is 0 Å². The molecule has 24 heavy (non-hydrogen) atoms. The number of allylic oxidation sites excluding steroid dienone is 1. The van der Waals surface area contributed by atoms with Gasteiger partial charge in [0.1, 0.15) is 0 Å². The molecule has 0 aromatic heterocycles. The molecule has 1 atom stereocenters. The Morgan fingerprint density at radius 2 is 1.88 bits per heavy atom. The van der Waals surface area contributed by atoms with Crippen LogP contribution in [-0.2, 0) is 11.0 Å². The van der Waals surface area contributed by atoms with E-state index in [-0.39, 0.29) is 11.8 Å². The van der Waals surface area contributed by atoms with Gasteiger partial charge in [-0.2, -0.15) is 13.2 Å². The largest absolute Gasteiger partial charge is 0.416 e. The van der Waals surface area contributed by atoms with E-state index in [2.05, 4.69) is 18.4 Å². The standard InChI is InChI=1S/C19H24F3NO/c1-3-17(24)13-14-9-11-23(12-10-14)18(4-2)15-5-7-16(8-6-15)19(20,21)22/h3,5-8,14,18H,1,4,9-13H2,2H3. The molecular weight excluding hydrogens is 315 g/mol. The maximum atomic E-state index is 12.7. The molecule has 1 heterocycles. The molecule has 1 aromatic carbocycles. The third-order valence-electron chi connectivity index (χ3n) is 4.82. The maximum Gasteiger partial charge on any atom is 0.416 e. The first-order valence-corrected chi connectivity index (χ1v) is 8.41. The highest BCUT2D eigenvalue weighted by molar-refractivity contribution is 5.89. The van der Waals surface area contributed by atoms with Crippen LogP contribution in [0.1, 0.15) is 49.8 Å². The van der Waals surface area contributed by atoms with E-state index in [4.69, 9.17) is 0 Å². The van der Waals surface area contributed by atoms with Crippen molar-refractivity contribution in [3.05, 3.63) is 48.0 Å². The Bertz CT molecular complexity index is 557. The number of likely N-dealkylation sites (tertiary alicyclic amines) is 1. The minimum atomic E-state index is -4.30. The topological polar surface area (TPSA) is 20.3 Å². The second-order valence-corrected chi connectivity index (χ2v) is 6.40. The number of halogens is 3. The Morgan fingerprint density at radius 1 is 1.29 bits per heavy atom. The van der Waals surface area contributed by atoms with Crippen molar-refractivity contribution in [2.24, 2.45) is 5.92 Å². The van der Waals surface area contributed by atoms with Crippen LogP contribution in [0.5, 0.6) is 0 Å². The van der Waals surface area contributed by atoms with Crippen molar-refractivity contribution < 1.29 is 18.0 Å². The van der Waals surface area contributed by atoms with Gasteiger partial charge in [-0.3, -0.25) is 9.69 Å². The van der Waals surface area contributed by atoms with E-state index in [1.54, 1.807) is 12.1 Å². The van der Waals surface area contributed by atoms with Gasteiger partial charge in [-0.15, -0.1) is 0 Å². The summed E-state index contributed by atoms with van der Waals surface area (Å²) in [6.45, 7) is 7.30. The van der Waals surface area contributed by atoms with Crippen molar-refractivity contribution in [3.63, 3.8) is 0 Å². The molecule has 1 saturated heterocycles. The van der Waals surface area contributed by atoms with Gasteiger partial charge in [0.05, 0.1) is 5.56 Å². The van der Waals surface area contributed by atoms with E-state index < -0.39 is 11.7 Å². The van der Waals surface area contributed by atoms with E-state index in [0.717, 1.165) is 50.0 Å². The number of carbonyl (C=O) groups is 1. The van der Waals surface area contributed by atoms with Crippen LogP contribution in [0, 0.1) is 5.92 Å². The summed E-state index contributed by atoms with van der Waals surface area (Å²) in [5, 5.41) is 0. The van der Waals surface area contributed by atoms with Crippen molar-refractivity contribution >= 4 is 5.78 Å². The van der Waals surface area contributed by atoms with Crippen LogP contribution in [0.3, 0.4) is 0 Å². The molecular formula is C19H24F3NO. The van der Waals surface area contributed by atoms with Gasteiger partial charge in [0.2, 0.25) is 0 Å². The van der Waals surface area contributed by atoms with Crippen molar-refractivity contribution in [2.45, 2.75) is 44.8 Å². The first-order chi connectivity index (χ1) is 11.3. The highest BCUT2D eigenvalue weighted by atomic mass is 19.4. The lowest BCUT2D eigenvalue weighted by molar-refractivity contribution is -0.137. The number of nitrogens with zero attached hydrogens (tertiary/aromatic N) is 1. The third kappa shape index (κ3) is 4.69. The molecule has 2 nitrogen and oxygen atoms in total. The summed E-state index contributed by atoms with van der Waals surface area (Å²) in [5.41, 5.74) is 0.314. The molecule has 132 valence electrons. The molecule has 0 aliphatic carbocycles. The van der Waals surface area contributed by atoms with Crippen molar-refractivity contribution in [1.82, 2.24) is 4.90 Å². The summed E-state index contributed by atoms with van der Waals surface area (Å²) >= 11 is 0. The average Bonchev–Trinajstić information content (AvgIpc) is 2.56. The average molecular weight is 339 g/mol. The molecule has 1 aliphatic heterocycles. The first-order valence-electron chi connectivity index (χ1n) is 8.41. The minimum Gasteiger partial charge on any atom is -0.296 e. The zero-order valence-electron chi connectivity index (χ0n) is 14.0. The number of hydrogen-bond acceptors (Lipinski definition) is 2. The molecule has 1 aliphatic rings. The van der Waals surface area contributed by atoms with E-state index >= 15 is 0 Å². The van der Waals surface area contributed by atoms with Gasteiger partial charge in [-0.25, -0.2) is 0 Å². The van der Waals surface area contributed by atoms with E-state index in [0.29, 0.717) is 12.3 Å². The van der Waals surface area contributed by atoms with Gasteiger partial charge in [-0.05, 0) is 62.0 Å². The van der Waals surface area contributed by atoms with Gasteiger partial charge in [-0.1, -0.05) is 25.6 Å². The normalized spacial score (nSPS) is 18.3. The fourth-order valence-corrected chi connectivity index (χ4v) is 3.44. The van der Waals surface area contributed by atoms with Crippen LogP contribution >= 0.6 is 0 Å². The summed E-state index contributed by atoms with van der Waals surface area (Å²) in [6, 6.07) is 5.62. The Kier molecular flexibility index (Phi) is 6.21. The number of hydrogen-bond donors (Lipinski definition) is 0. The molecule has 0 saturated carbocycles. The van der Waals surface area contributed by atoms with Gasteiger partial charge < -0.3 is 0 Å². The zero-order valence-corrected chi connectivity index (χ0v) is 14.0. The molecule has 5 heteroatoms. The summed E-state index contributed by atoms with van der Waals surface area (Å²) in [6.07, 6.45) is 0.364. The summed E-state index contributed by atoms with van der Waals surface area (Å²) in [4.78, 5) is 13.8. The summed E-state index contributed by atoms with van der Waals surface area (Å²) in [5.74, 6) is 0.472. The van der Waals surface area contributed by atoms with Crippen molar-refractivity contribution in [2.75, 3.05) is 13.1 Å². The molecule has 0 amide bonds. The fraction of sp³-hybridized carbons (Fsp3) is 0.526. The first kappa shape index (κ1) is 18.7. The number of alkyl halides is 3. The van der Waals surface area contributed by atoms with E-state index in [1.807, 2.05) is 0 Å². The fourth-order valence-electron chi connectivity index (χ4n) is 3.44. The second kappa shape index (κ2) is 7.97. The number of rotatable bonds is 6. The van der Waals surface area contributed by atoms with Crippen LogP contribution in [-0.4, -0.2) is 23.8 Å². The number of benzene rings is 1. The van der Waals surface area contributed by atoms with E-state index in [1.165, 1.54) is 6.08 Å². The molecule has 0 spiro atoms. The molecule has 0 bridgehead atoms. The van der Waals surface area contributed by atoms with Crippen LogP contribution in [0.2, 0.25) is 0 Å². The summed E-state index contributed by atoms with van der Waals surface area (Å²) in [7, 11) is 0. The molecule has 1 aromatic rings. The minimum absolute atomic E-state index is 0.0863. The summed E-state index contributed by atoms with van der Waals surface area (Å²) < 4.78 is 38.1. The predicted molar refractivity (Wildman–Crippen MR) is 88.6 cm³/mol. The van der Waals surface area contributed by atoms with Crippen LogP contribution in [0.15, 0.2) is 36.9 Å². The van der Waals surface area contributed by atoms with Gasteiger partial charge >= 0.3 is 6.18 Å². The van der Waals surface area contributed by atoms with Crippen LogP contribution in [0.4, 0.5) is 13.2 Å². The van der Waals surface area contributed by atoms with Gasteiger partial charge in [0.15, 0.2) is 5.78 Å². The smallest absolute Gasteiger partial charge is 0.296 e. The second-order valence-electron chi connectivity index (χ2n) is 6.40. The lowest BCUT2D eigenvalue weighted by Crippen LogP contribution is -2.37. The number of carbonyl (C=O) groups excluding carboxylic acids is 1. The molecule has 0 N–H and O–H groups in total. The number of piperidine rings is 1. The highest BCUT2D eigenvalue weighted by Crippen LogP contribution is 2.33. The van der Waals surface area contributed by atoms with Crippen molar-refractivity contribution in [3.8, 4) is 0 Å². The lowest BCUT2D eigenvalue weighted by atomic mass is 9.89. The third-order valence-corrected chi connectivity index (χ3v) is 4.82.